The minimum atomic E-state index is -0.558. The second kappa shape index (κ2) is 16.0. The molecule has 4 aliphatic rings. The van der Waals surface area contributed by atoms with Crippen molar-refractivity contribution in [1.29, 1.82) is 0 Å². The van der Waals surface area contributed by atoms with Crippen LogP contribution in [-0.2, 0) is 10.8 Å². The predicted octanol–water partition coefficient (Wildman–Crippen LogP) is 18.8. The van der Waals surface area contributed by atoms with Crippen molar-refractivity contribution in [3.05, 3.63) is 330 Å². The summed E-state index contributed by atoms with van der Waals surface area (Å²) in [6.45, 7) is 0. The van der Waals surface area contributed by atoms with Crippen LogP contribution in [0.5, 0.6) is 0 Å². The number of para-hydroxylation sites is 1. The van der Waals surface area contributed by atoms with Gasteiger partial charge in [-0.1, -0.05) is 261 Å². The van der Waals surface area contributed by atoms with Crippen molar-refractivity contribution in [2.24, 2.45) is 0 Å². The molecule has 0 N–H and O–H groups in total. The molecule has 16 rings (SSSR count). The molecule has 1 unspecified atom stereocenters. The Morgan fingerprint density at radius 2 is 0.560 bits per heavy atom. The van der Waals surface area contributed by atoms with E-state index in [2.05, 4.69) is 290 Å². The molecule has 0 aliphatic heterocycles. The SMILES string of the molecule is c1ccc(-c2ccc(-c3ccccc3N(c3ccc4c(c3)C3(c5ccccc5-c5ccccc53)c3ccccc3-4)c3cccc4c3-c3ccccc3C43c4ccccc4-c4c(-c5ccccc5)cccc43)cc2)cc1. The molecule has 0 bridgehead atoms. The van der Waals surface area contributed by atoms with Crippen molar-refractivity contribution in [3.63, 3.8) is 0 Å². The van der Waals surface area contributed by atoms with Crippen LogP contribution in [0, 0.1) is 0 Å². The zero-order valence-electron chi connectivity index (χ0n) is 41.1. The number of fused-ring (bicyclic) bond motifs is 20. The Bertz CT molecular complexity index is 4230. The fraction of sp³-hybridized carbons (Fsp3) is 0.0270. The second-order valence-electron chi connectivity index (χ2n) is 20.5. The van der Waals surface area contributed by atoms with Crippen molar-refractivity contribution in [2.45, 2.75) is 10.8 Å². The normalized spacial score (nSPS) is 15.1. The van der Waals surface area contributed by atoms with E-state index in [1.807, 2.05) is 0 Å². The van der Waals surface area contributed by atoms with Crippen molar-refractivity contribution in [1.82, 2.24) is 0 Å². The molecule has 0 amide bonds. The van der Waals surface area contributed by atoms with Gasteiger partial charge in [0.1, 0.15) is 0 Å². The second-order valence-corrected chi connectivity index (χ2v) is 20.5. The maximum Gasteiger partial charge on any atom is 0.0726 e. The van der Waals surface area contributed by atoms with E-state index in [9.17, 15) is 0 Å². The average Bonchev–Trinajstić information content (AvgIpc) is 4.38. The standard InChI is InChI=1S/C74H47N/c1-3-21-48(22-4-1)49-41-43-51(44-42-49)53-25-12-18-39-69(53)75(52-45-46-58-57-28-9-15-34-63(57)73(68(58)47-52)61-32-13-7-26-55(61)56-27-8-14-33-62(56)73)70-40-20-38-67-72(70)60-30-11-17-36-65(60)74(67)64-35-16-10-29-59(64)71-54(31-19-37-66(71)74)50-23-5-2-6-24-50/h1-47H. The summed E-state index contributed by atoms with van der Waals surface area (Å²) in [5, 5.41) is 0. The maximum atomic E-state index is 2.60. The molecule has 0 heterocycles. The van der Waals surface area contributed by atoms with Gasteiger partial charge in [0.25, 0.3) is 0 Å². The van der Waals surface area contributed by atoms with Crippen molar-refractivity contribution >= 4 is 17.1 Å². The van der Waals surface area contributed by atoms with Crippen LogP contribution in [0.3, 0.4) is 0 Å². The van der Waals surface area contributed by atoms with Crippen molar-refractivity contribution in [2.75, 3.05) is 4.90 Å². The summed E-state index contributed by atoms with van der Waals surface area (Å²) < 4.78 is 0. The lowest BCUT2D eigenvalue weighted by atomic mass is 9.70. The van der Waals surface area contributed by atoms with Gasteiger partial charge in [0.15, 0.2) is 0 Å². The van der Waals surface area contributed by atoms with E-state index in [4.69, 9.17) is 0 Å². The highest BCUT2D eigenvalue weighted by Crippen LogP contribution is 2.67. The summed E-state index contributed by atoms with van der Waals surface area (Å²) in [5.41, 5.74) is 30.4. The lowest BCUT2D eigenvalue weighted by Crippen LogP contribution is -2.26. The zero-order valence-corrected chi connectivity index (χ0v) is 41.1. The van der Waals surface area contributed by atoms with E-state index < -0.39 is 10.8 Å². The first-order valence-corrected chi connectivity index (χ1v) is 26.3. The molecule has 75 heavy (non-hydrogen) atoms. The summed E-state index contributed by atoms with van der Waals surface area (Å²) in [5.74, 6) is 0. The molecule has 0 saturated carbocycles. The van der Waals surface area contributed by atoms with Crippen LogP contribution in [0.15, 0.2) is 285 Å². The highest BCUT2D eigenvalue weighted by Gasteiger charge is 2.54. The third-order valence-corrected chi connectivity index (χ3v) is 17.1. The van der Waals surface area contributed by atoms with Crippen LogP contribution >= 0.6 is 0 Å². The monoisotopic (exact) mass is 949 g/mol. The highest BCUT2D eigenvalue weighted by molar-refractivity contribution is 6.05. The topological polar surface area (TPSA) is 3.24 Å². The lowest BCUT2D eigenvalue weighted by Gasteiger charge is -2.34. The lowest BCUT2D eigenvalue weighted by molar-refractivity contribution is 0.793. The van der Waals surface area contributed by atoms with E-state index >= 15 is 0 Å². The highest BCUT2D eigenvalue weighted by atomic mass is 15.1. The summed E-state index contributed by atoms with van der Waals surface area (Å²) in [6, 6.07) is 107. The number of anilines is 3. The first-order chi connectivity index (χ1) is 37.2. The molecule has 12 aromatic carbocycles. The Morgan fingerprint density at radius 3 is 1.16 bits per heavy atom. The molecule has 2 spiro atoms. The van der Waals surface area contributed by atoms with Gasteiger partial charge in [0.05, 0.1) is 22.2 Å². The molecule has 0 saturated heterocycles. The van der Waals surface area contributed by atoms with Gasteiger partial charge >= 0.3 is 0 Å². The average molecular weight is 950 g/mol. The first-order valence-electron chi connectivity index (χ1n) is 26.3. The largest absolute Gasteiger partial charge is 0.309 e. The maximum absolute atomic E-state index is 2.60. The quantitative estimate of drug-likeness (QED) is 0.161. The van der Waals surface area contributed by atoms with Gasteiger partial charge in [0, 0.05) is 16.8 Å². The third-order valence-electron chi connectivity index (χ3n) is 17.1. The molecule has 0 fully saturated rings. The molecular weight excluding hydrogens is 903 g/mol. The number of hydrogen-bond acceptors (Lipinski definition) is 1. The molecule has 12 aromatic rings. The van der Waals surface area contributed by atoms with Crippen LogP contribution in [0.1, 0.15) is 44.5 Å². The van der Waals surface area contributed by atoms with E-state index in [0.717, 1.165) is 28.2 Å². The first kappa shape index (κ1) is 42.0. The number of hydrogen-bond donors (Lipinski definition) is 0. The van der Waals surface area contributed by atoms with Crippen LogP contribution in [-0.4, -0.2) is 0 Å². The van der Waals surface area contributed by atoms with Gasteiger partial charge in [0.2, 0.25) is 0 Å². The van der Waals surface area contributed by atoms with E-state index in [1.165, 1.54) is 111 Å². The van der Waals surface area contributed by atoms with Gasteiger partial charge in [-0.2, -0.15) is 0 Å². The summed E-state index contributed by atoms with van der Waals surface area (Å²) >= 11 is 0. The van der Waals surface area contributed by atoms with Crippen LogP contribution in [0.25, 0.3) is 77.9 Å². The molecule has 0 aromatic heterocycles. The fourth-order valence-corrected chi connectivity index (χ4v) is 14.3. The van der Waals surface area contributed by atoms with E-state index in [0.29, 0.717) is 0 Å². The molecule has 1 atom stereocenters. The Hall–Kier alpha value is -9.56. The van der Waals surface area contributed by atoms with E-state index in [1.54, 1.807) is 0 Å². The van der Waals surface area contributed by atoms with Gasteiger partial charge in [-0.25, -0.2) is 0 Å². The third kappa shape index (κ3) is 5.62. The number of rotatable bonds is 6. The molecule has 348 valence electrons. The van der Waals surface area contributed by atoms with E-state index in [-0.39, 0.29) is 0 Å². The van der Waals surface area contributed by atoms with Crippen LogP contribution in [0.4, 0.5) is 17.1 Å². The number of nitrogens with zero attached hydrogens (tertiary/aromatic N) is 1. The Labute approximate surface area is 438 Å². The van der Waals surface area contributed by atoms with Gasteiger partial charge in [-0.3, -0.25) is 0 Å². The fourth-order valence-electron chi connectivity index (χ4n) is 14.3. The smallest absolute Gasteiger partial charge is 0.0726 e. The van der Waals surface area contributed by atoms with Crippen LogP contribution < -0.4 is 4.90 Å². The predicted molar refractivity (Wildman–Crippen MR) is 310 cm³/mol. The molecule has 0 radical (unpaired) electrons. The summed E-state index contributed by atoms with van der Waals surface area (Å²) in [6.07, 6.45) is 0. The Morgan fingerprint density at radius 1 is 0.200 bits per heavy atom. The minimum absolute atomic E-state index is 0.503. The van der Waals surface area contributed by atoms with Gasteiger partial charge in [-0.15, -0.1) is 0 Å². The van der Waals surface area contributed by atoms with Gasteiger partial charge in [-0.05, 0) is 136 Å². The van der Waals surface area contributed by atoms with Gasteiger partial charge < -0.3 is 4.90 Å². The Balaban J connectivity index is 0.986. The Kier molecular flexibility index (Phi) is 8.94. The number of benzene rings is 12. The minimum Gasteiger partial charge on any atom is -0.309 e. The van der Waals surface area contributed by atoms with Crippen molar-refractivity contribution in [3.8, 4) is 77.9 Å². The molecule has 4 aliphatic carbocycles. The zero-order chi connectivity index (χ0) is 49.2. The summed E-state index contributed by atoms with van der Waals surface area (Å²) in [7, 11) is 0. The summed E-state index contributed by atoms with van der Waals surface area (Å²) in [4.78, 5) is 2.60. The molecule has 1 heteroatoms. The molecular formula is C74H47N. The van der Waals surface area contributed by atoms with Crippen molar-refractivity contribution < 1.29 is 0 Å². The van der Waals surface area contributed by atoms with Crippen LogP contribution in [0.2, 0.25) is 0 Å². The molecule has 1 nitrogen and oxygen atoms in total.